The van der Waals surface area contributed by atoms with E-state index in [9.17, 15) is 19.5 Å². The van der Waals surface area contributed by atoms with Gasteiger partial charge in [0.25, 0.3) is 5.91 Å². The molecule has 0 unspecified atom stereocenters. The highest BCUT2D eigenvalue weighted by Crippen LogP contribution is 2.27. The zero-order chi connectivity index (χ0) is 31.1. The number of carboxylic acids is 1. The molecule has 2 aromatic heterocycles. The predicted octanol–water partition coefficient (Wildman–Crippen LogP) is 5.82. The fraction of sp³-hybridized carbons (Fsp3) is 0.324. The summed E-state index contributed by atoms with van der Waals surface area (Å²) in [6.07, 6.45) is 11.4. The molecule has 1 N–H and O–H groups in total. The number of aromatic nitrogens is 4. The Kier molecular flexibility index (Phi) is 9.69. The molecule has 0 aliphatic carbocycles. The van der Waals surface area contributed by atoms with Crippen LogP contribution >= 0.6 is 0 Å². The average molecular weight is 595 g/mol. The van der Waals surface area contributed by atoms with Gasteiger partial charge in [-0.1, -0.05) is 69.2 Å². The molecule has 0 saturated carbocycles. The molecular formula is C34H38N6O4. The molecular weight excluding hydrogens is 556 g/mol. The van der Waals surface area contributed by atoms with Gasteiger partial charge < -0.3 is 14.2 Å². The second-order valence-electron chi connectivity index (χ2n) is 11.0. The Morgan fingerprint density at radius 2 is 1.57 bits per heavy atom. The molecule has 1 aliphatic heterocycles. The molecule has 1 aliphatic rings. The number of hydrogen-bond donors (Lipinski definition) is 1. The summed E-state index contributed by atoms with van der Waals surface area (Å²) in [4.78, 5) is 50.9. The first-order valence-electron chi connectivity index (χ1n) is 15.1. The molecule has 228 valence electrons. The van der Waals surface area contributed by atoms with Crippen molar-refractivity contribution in [2.45, 2.75) is 65.6 Å². The summed E-state index contributed by atoms with van der Waals surface area (Å²) >= 11 is 0. The molecule has 2 aromatic carbocycles. The maximum absolute atomic E-state index is 13.8. The van der Waals surface area contributed by atoms with Crippen LogP contribution in [0.5, 0.6) is 0 Å². The van der Waals surface area contributed by atoms with Gasteiger partial charge in [0.15, 0.2) is 0 Å². The van der Waals surface area contributed by atoms with E-state index in [4.69, 9.17) is 4.98 Å². The smallest absolute Gasteiger partial charge is 0.335 e. The zero-order valence-electron chi connectivity index (χ0n) is 25.2. The van der Waals surface area contributed by atoms with Gasteiger partial charge in [0.2, 0.25) is 0 Å². The third-order valence-corrected chi connectivity index (χ3v) is 7.80. The summed E-state index contributed by atoms with van der Waals surface area (Å²) in [5, 5.41) is 9.31. The number of unbranched alkanes of at least 4 members (excludes halogenated alkanes) is 2. The Hall–Kier alpha value is -4.99. The maximum Gasteiger partial charge on any atom is 0.335 e. The lowest BCUT2D eigenvalue weighted by Crippen LogP contribution is -2.34. The molecule has 44 heavy (non-hydrogen) atoms. The van der Waals surface area contributed by atoms with E-state index in [2.05, 4.69) is 11.9 Å². The first kappa shape index (κ1) is 30.5. The van der Waals surface area contributed by atoms with Crippen molar-refractivity contribution in [3.63, 3.8) is 0 Å². The van der Waals surface area contributed by atoms with E-state index in [1.807, 2.05) is 52.6 Å². The van der Waals surface area contributed by atoms with Crippen LogP contribution in [0.25, 0.3) is 6.08 Å². The van der Waals surface area contributed by atoms with Gasteiger partial charge in [-0.15, -0.1) is 0 Å². The summed E-state index contributed by atoms with van der Waals surface area (Å²) in [6, 6.07) is 16.4. The Labute approximate surface area is 257 Å². The van der Waals surface area contributed by atoms with Gasteiger partial charge in [0.1, 0.15) is 17.3 Å². The summed E-state index contributed by atoms with van der Waals surface area (Å²) in [5.41, 5.74) is 3.21. The highest BCUT2D eigenvalue weighted by atomic mass is 16.4. The van der Waals surface area contributed by atoms with Crippen LogP contribution in [0, 0.1) is 0 Å². The number of urea groups is 1. The van der Waals surface area contributed by atoms with Crippen LogP contribution in [-0.4, -0.2) is 58.5 Å². The van der Waals surface area contributed by atoms with Crippen molar-refractivity contribution in [2.75, 3.05) is 6.54 Å². The fourth-order valence-electron chi connectivity index (χ4n) is 5.29. The second-order valence-corrected chi connectivity index (χ2v) is 11.0. The first-order chi connectivity index (χ1) is 21.4. The standard InChI is InChI=1S/C34H38N6O4/c1-3-5-12-30-36-21-28(39(30)23-26-13-15-27(16-14-26)33(42)43)20-29-32(41)38(18-6-4-2)34(44)40(29)24-31-35-17-19-37(31)22-25-10-8-7-9-11-25/h7-11,13-17,19-21H,3-6,12,18,22-24H2,1-2H3,(H,42,43)/b29-20-. The monoisotopic (exact) mass is 594 g/mol. The van der Waals surface area contributed by atoms with Gasteiger partial charge in [0, 0.05) is 38.4 Å². The lowest BCUT2D eigenvalue weighted by molar-refractivity contribution is -0.123. The minimum absolute atomic E-state index is 0.145. The van der Waals surface area contributed by atoms with E-state index < -0.39 is 5.97 Å². The lowest BCUT2D eigenvalue weighted by Gasteiger charge is -2.18. The van der Waals surface area contributed by atoms with E-state index in [0.717, 1.165) is 42.6 Å². The summed E-state index contributed by atoms with van der Waals surface area (Å²) in [5.74, 6) is 0.229. The highest BCUT2D eigenvalue weighted by molar-refractivity contribution is 6.13. The van der Waals surface area contributed by atoms with Gasteiger partial charge in [-0.2, -0.15) is 0 Å². The summed E-state index contributed by atoms with van der Waals surface area (Å²) in [7, 11) is 0. The van der Waals surface area contributed by atoms with E-state index in [-0.39, 0.29) is 29.7 Å². The molecule has 10 nitrogen and oxygen atoms in total. The number of carbonyl (C=O) groups excluding carboxylic acids is 2. The number of rotatable bonds is 14. The Morgan fingerprint density at radius 1 is 0.841 bits per heavy atom. The Morgan fingerprint density at radius 3 is 2.27 bits per heavy atom. The second kappa shape index (κ2) is 14.0. The van der Waals surface area contributed by atoms with E-state index in [1.54, 1.807) is 42.7 Å². The predicted molar refractivity (Wildman–Crippen MR) is 167 cm³/mol. The molecule has 0 spiro atoms. The SMILES string of the molecule is CCCCc1ncc(/C=C2/C(=O)N(CCCC)C(=O)N2Cc2nccn2Cc2ccccc2)n1Cc1ccc(C(=O)O)cc1. The number of carboxylic acid groups (broad SMARTS) is 1. The third-order valence-electron chi connectivity index (χ3n) is 7.80. The topological polar surface area (TPSA) is 114 Å². The number of benzene rings is 2. The van der Waals surface area contributed by atoms with Crippen LogP contribution in [0.3, 0.4) is 0 Å². The molecule has 5 rings (SSSR count). The summed E-state index contributed by atoms with van der Waals surface area (Å²) in [6.45, 7) is 5.68. The highest BCUT2D eigenvalue weighted by Gasteiger charge is 2.41. The number of aromatic carboxylic acids is 1. The molecule has 0 radical (unpaired) electrons. The third kappa shape index (κ3) is 6.80. The Bertz CT molecular complexity index is 1640. The quantitative estimate of drug-likeness (QED) is 0.145. The van der Waals surface area contributed by atoms with E-state index in [1.165, 1.54) is 9.80 Å². The van der Waals surface area contributed by atoms with Gasteiger partial charge >= 0.3 is 12.0 Å². The number of imide groups is 1. The van der Waals surface area contributed by atoms with Crippen molar-refractivity contribution < 1.29 is 19.5 Å². The first-order valence-corrected chi connectivity index (χ1v) is 15.1. The number of imidazole rings is 2. The van der Waals surface area contributed by atoms with Crippen LogP contribution in [0.2, 0.25) is 0 Å². The van der Waals surface area contributed by atoms with Crippen LogP contribution in [-0.2, 0) is 30.8 Å². The lowest BCUT2D eigenvalue weighted by atomic mass is 10.1. The number of amides is 3. The fourth-order valence-corrected chi connectivity index (χ4v) is 5.29. The minimum atomic E-state index is -0.977. The van der Waals surface area contributed by atoms with Gasteiger partial charge in [0.05, 0.1) is 24.0 Å². The number of nitrogens with zero attached hydrogens (tertiary/aromatic N) is 6. The number of carbonyl (C=O) groups is 3. The van der Waals surface area contributed by atoms with Crippen molar-refractivity contribution in [2.24, 2.45) is 0 Å². The average Bonchev–Trinajstić information content (AvgIpc) is 3.69. The minimum Gasteiger partial charge on any atom is -0.478 e. The van der Waals surface area contributed by atoms with Crippen molar-refractivity contribution in [3.8, 4) is 0 Å². The molecule has 0 bridgehead atoms. The van der Waals surface area contributed by atoms with Crippen LogP contribution in [0.1, 0.15) is 78.4 Å². The van der Waals surface area contributed by atoms with Crippen LogP contribution in [0.4, 0.5) is 4.79 Å². The Balaban J connectivity index is 1.50. The molecule has 3 heterocycles. The zero-order valence-corrected chi connectivity index (χ0v) is 25.2. The van der Waals surface area contributed by atoms with Gasteiger partial charge in [-0.05, 0) is 42.2 Å². The van der Waals surface area contributed by atoms with E-state index >= 15 is 0 Å². The molecule has 3 amide bonds. The molecule has 0 atom stereocenters. The largest absolute Gasteiger partial charge is 0.478 e. The van der Waals surface area contributed by atoms with Crippen molar-refractivity contribution >= 4 is 24.0 Å². The molecule has 4 aromatic rings. The van der Waals surface area contributed by atoms with Crippen LogP contribution < -0.4 is 0 Å². The van der Waals surface area contributed by atoms with Gasteiger partial charge in [-0.3, -0.25) is 14.6 Å². The van der Waals surface area contributed by atoms with Gasteiger partial charge in [-0.25, -0.2) is 19.6 Å². The molecule has 1 fully saturated rings. The van der Waals surface area contributed by atoms with Crippen molar-refractivity contribution in [1.82, 2.24) is 28.9 Å². The normalized spacial score (nSPS) is 14.3. The van der Waals surface area contributed by atoms with Crippen molar-refractivity contribution in [1.29, 1.82) is 0 Å². The summed E-state index contributed by atoms with van der Waals surface area (Å²) < 4.78 is 4.03. The number of aryl methyl sites for hydroxylation is 1. The van der Waals surface area contributed by atoms with E-state index in [0.29, 0.717) is 37.6 Å². The maximum atomic E-state index is 13.8. The number of hydrogen-bond acceptors (Lipinski definition) is 5. The molecule has 1 saturated heterocycles. The van der Waals surface area contributed by atoms with Crippen LogP contribution in [0.15, 0.2) is 78.9 Å². The molecule has 10 heteroatoms. The van der Waals surface area contributed by atoms with Crippen molar-refractivity contribution in [3.05, 3.63) is 113 Å².